The first-order chi connectivity index (χ1) is 10.7. The molecule has 112 valence electrons. The molecule has 0 N–H and O–H groups in total. The smallest absolute Gasteiger partial charge is 0.242 e. The molecule has 0 bridgehead atoms. The molecule has 3 nitrogen and oxygen atoms in total. The van der Waals surface area contributed by atoms with Crippen molar-refractivity contribution in [3.8, 4) is 0 Å². The van der Waals surface area contributed by atoms with Gasteiger partial charge in [0.2, 0.25) is 5.91 Å². The van der Waals surface area contributed by atoms with Gasteiger partial charge in [0.05, 0.1) is 11.8 Å². The van der Waals surface area contributed by atoms with E-state index >= 15 is 0 Å². The fourth-order valence-electron chi connectivity index (χ4n) is 2.65. The molecule has 0 unspecified atom stereocenters. The molecule has 0 aromatic heterocycles. The highest BCUT2D eigenvalue weighted by atomic mass is 79.9. The molecule has 0 fully saturated rings. The Kier molecular flexibility index (Phi) is 4.39. The van der Waals surface area contributed by atoms with Gasteiger partial charge >= 0.3 is 0 Å². The molecular formula is C18H17BrN2O. The average molecular weight is 357 g/mol. The van der Waals surface area contributed by atoms with E-state index in [1.54, 1.807) is 5.01 Å². The molecule has 0 saturated carbocycles. The van der Waals surface area contributed by atoms with Gasteiger partial charge in [-0.25, -0.2) is 5.01 Å². The van der Waals surface area contributed by atoms with Crippen molar-refractivity contribution >= 4 is 27.5 Å². The third-order valence-electron chi connectivity index (χ3n) is 3.83. The van der Waals surface area contributed by atoms with E-state index in [1.165, 1.54) is 0 Å². The van der Waals surface area contributed by atoms with Crippen LogP contribution in [0.3, 0.4) is 0 Å². The van der Waals surface area contributed by atoms with Crippen LogP contribution in [0.2, 0.25) is 0 Å². The minimum absolute atomic E-state index is 0.00713. The molecule has 0 spiro atoms. The second-order valence-electron chi connectivity index (χ2n) is 5.28. The van der Waals surface area contributed by atoms with Gasteiger partial charge in [-0.1, -0.05) is 65.3 Å². The Balaban J connectivity index is 1.94. The Morgan fingerprint density at radius 2 is 1.86 bits per heavy atom. The van der Waals surface area contributed by atoms with Crippen molar-refractivity contribution in [1.29, 1.82) is 0 Å². The maximum Gasteiger partial charge on any atom is 0.242 e. The fourth-order valence-corrected chi connectivity index (χ4v) is 2.92. The lowest BCUT2D eigenvalue weighted by atomic mass is 9.98. The van der Waals surface area contributed by atoms with Gasteiger partial charge in [-0.05, 0) is 23.3 Å². The third-order valence-corrected chi connectivity index (χ3v) is 4.36. The molecule has 2 aromatic carbocycles. The lowest BCUT2D eigenvalue weighted by Crippen LogP contribution is -2.26. The van der Waals surface area contributed by atoms with Gasteiger partial charge in [0.15, 0.2) is 0 Å². The number of benzene rings is 2. The van der Waals surface area contributed by atoms with E-state index in [0.717, 1.165) is 27.7 Å². The zero-order valence-corrected chi connectivity index (χ0v) is 14.0. The third kappa shape index (κ3) is 2.97. The number of hydrogen-bond acceptors (Lipinski definition) is 2. The number of carbonyl (C=O) groups is 1. The Morgan fingerprint density at radius 3 is 2.50 bits per heavy atom. The summed E-state index contributed by atoms with van der Waals surface area (Å²) in [6, 6.07) is 18.2. The summed E-state index contributed by atoms with van der Waals surface area (Å²) in [7, 11) is 0. The van der Waals surface area contributed by atoms with Gasteiger partial charge in [0.25, 0.3) is 0 Å². The van der Waals surface area contributed by atoms with Crippen LogP contribution in [0.25, 0.3) is 0 Å². The molecule has 0 aliphatic carbocycles. The van der Waals surface area contributed by atoms with Crippen LogP contribution in [0.5, 0.6) is 0 Å². The summed E-state index contributed by atoms with van der Waals surface area (Å²) in [5.41, 5.74) is 3.15. The number of amides is 1. The van der Waals surface area contributed by atoms with Crippen molar-refractivity contribution in [2.45, 2.75) is 25.8 Å². The SMILES string of the molecule is CCC(=O)N1N=C(c2ccc(Br)cc2)C[C@@H]1c1ccccc1. The normalized spacial score (nSPS) is 17.5. The van der Waals surface area contributed by atoms with Crippen LogP contribution in [-0.4, -0.2) is 16.6 Å². The molecule has 4 heteroatoms. The molecule has 1 atom stereocenters. The number of carbonyl (C=O) groups excluding carboxylic acids is 1. The van der Waals surface area contributed by atoms with Crippen LogP contribution >= 0.6 is 15.9 Å². The monoisotopic (exact) mass is 356 g/mol. The quantitative estimate of drug-likeness (QED) is 0.794. The van der Waals surface area contributed by atoms with Gasteiger partial charge < -0.3 is 0 Å². The van der Waals surface area contributed by atoms with Crippen molar-refractivity contribution in [2.24, 2.45) is 5.10 Å². The Hall–Kier alpha value is -1.94. The van der Waals surface area contributed by atoms with Crippen LogP contribution < -0.4 is 0 Å². The van der Waals surface area contributed by atoms with Crippen molar-refractivity contribution < 1.29 is 4.79 Å². The Bertz CT molecular complexity index is 695. The van der Waals surface area contributed by atoms with Crippen molar-refractivity contribution in [2.75, 3.05) is 0 Å². The standard InChI is InChI=1S/C18H17BrN2O/c1-2-18(22)21-17(14-6-4-3-5-7-14)12-16(20-21)13-8-10-15(19)11-9-13/h3-11,17H,2,12H2,1H3/t17-/m1/s1. The highest BCUT2D eigenvalue weighted by molar-refractivity contribution is 9.10. The summed E-state index contributed by atoms with van der Waals surface area (Å²) >= 11 is 3.44. The largest absolute Gasteiger partial charge is 0.273 e. The first-order valence-electron chi connectivity index (χ1n) is 7.39. The zero-order valence-electron chi connectivity index (χ0n) is 12.4. The number of rotatable bonds is 3. The first-order valence-corrected chi connectivity index (χ1v) is 8.18. The maximum atomic E-state index is 12.2. The number of nitrogens with zero attached hydrogens (tertiary/aromatic N) is 2. The van der Waals surface area contributed by atoms with Crippen LogP contribution in [0.4, 0.5) is 0 Å². The molecule has 22 heavy (non-hydrogen) atoms. The maximum absolute atomic E-state index is 12.2. The highest BCUT2D eigenvalue weighted by Crippen LogP contribution is 2.33. The van der Waals surface area contributed by atoms with E-state index in [4.69, 9.17) is 0 Å². The number of hydrazone groups is 1. The van der Waals surface area contributed by atoms with Crippen LogP contribution in [-0.2, 0) is 4.79 Å². The Labute approximate surface area is 138 Å². The van der Waals surface area contributed by atoms with Crippen molar-refractivity contribution in [1.82, 2.24) is 5.01 Å². The summed E-state index contributed by atoms with van der Waals surface area (Å²) in [6.07, 6.45) is 1.21. The number of halogens is 1. The molecule has 1 aliphatic heterocycles. The summed E-state index contributed by atoms with van der Waals surface area (Å²) < 4.78 is 1.04. The minimum Gasteiger partial charge on any atom is -0.273 e. The van der Waals surface area contributed by atoms with E-state index in [0.29, 0.717) is 6.42 Å². The van der Waals surface area contributed by atoms with E-state index in [1.807, 2.05) is 49.4 Å². The van der Waals surface area contributed by atoms with Crippen LogP contribution in [0.15, 0.2) is 64.2 Å². The topological polar surface area (TPSA) is 32.7 Å². The van der Waals surface area contributed by atoms with E-state index in [9.17, 15) is 4.79 Å². The van der Waals surface area contributed by atoms with Gasteiger partial charge in [0.1, 0.15) is 0 Å². The van der Waals surface area contributed by atoms with E-state index < -0.39 is 0 Å². The molecule has 3 rings (SSSR count). The fraction of sp³-hybridized carbons (Fsp3) is 0.222. The summed E-state index contributed by atoms with van der Waals surface area (Å²) in [5, 5.41) is 6.25. The Morgan fingerprint density at radius 1 is 1.18 bits per heavy atom. The predicted molar refractivity (Wildman–Crippen MR) is 91.6 cm³/mol. The molecule has 0 radical (unpaired) electrons. The molecule has 2 aromatic rings. The van der Waals surface area contributed by atoms with Crippen molar-refractivity contribution in [3.05, 3.63) is 70.2 Å². The molecule has 1 aliphatic rings. The second kappa shape index (κ2) is 6.44. The molecule has 1 heterocycles. The minimum atomic E-state index is -0.00713. The number of hydrogen-bond donors (Lipinski definition) is 0. The van der Waals surface area contributed by atoms with Gasteiger partial charge in [-0.2, -0.15) is 5.10 Å². The predicted octanol–water partition coefficient (Wildman–Crippen LogP) is 4.54. The van der Waals surface area contributed by atoms with Gasteiger partial charge in [0, 0.05) is 17.3 Å². The van der Waals surface area contributed by atoms with Crippen LogP contribution in [0, 0.1) is 0 Å². The lowest BCUT2D eigenvalue weighted by Gasteiger charge is -2.21. The zero-order chi connectivity index (χ0) is 15.5. The summed E-state index contributed by atoms with van der Waals surface area (Å²) in [4.78, 5) is 12.2. The first kappa shape index (κ1) is 15.0. The summed E-state index contributed by atoms with van der Waals surface area (Å²) in [5.74, 6) is 0.0564. The van der Waals surface area contributed by atoms with Gasteiger partial charge in [-0.15, -0.1) is 0 Å². The van der Waals surface area contributed by atoms with E-state index in [-0.39, 0.29) is 11.9 Å². The average Bonchev–Trinajstić information content (AvgIpc) is 3.01. The van der Waals surface area contributed by atoms with Crippen molar-refractivity contribution in [3.63, 3.8) is 0 Å². The molecular weight excluding hydrogens is 340 g/mol. The second-order valence-corrected chi connectivity index (χ2v) is 6.19. The van der Waals surface area contributed by atoms with Crippen LogP contribution in [0.1, 0.15) is 36.9 Å². The molecule has 0 saturated heterocycles. The highest BCUT2D eigenvalue weighted by Gasteiger charge is 2.32. The lowest BCUT2D eigenvalue weighted by molar-refractivity contribution is -0.132. The van der Waals surface area contributed by atoms with E-state index in [2.05, 4.69) is 33.2 Å². The van der Waals surface area contributed by atoms with Gasteiger partial charge in [-0.3, -0.25) is 4.79 Å². The molecule has 1 amide bonds. The summed E-state index contributed by atoms with van der Waals surface area (Å²) in [6.45, 7) is 1.87.